The third-order valence-electron chi connectivity index (χ3n) is 1.14. The third kappa shape index (κ3) is 5.60. The summed E-state index contributed by atoms with van der Waals surface area (Å²) in [5.74, 6) is -2.55. The van der Waals surface area contributed by atoms with E-state index in [1.165, 1.54) is 6.92 Å². The van der Waals surface area contributed by atoms with Gasteiger partial charge in [-0.15, -0.1) is 0 Å². The second-order valence-electron chi connectivity index (χ2n) is 2.43. The first kappa shape index (κ1) is 11.4. The van der Waals surface area contributed by atoms with Crippen LogP contribution in [0.3, 0.4) is 0 Å². The van der Waals surface area contributed by atoms with E-state index in [4.69, 9.17) is 5.11 Å². The monoisotopic (exact) mass is 186 g/mol. The Morgan fingerprint density at radius 1 is 1.38 bits per heavy atom. The van der Waals surface area contributed by atoms with E-state index in [1.807, 2.05) is 0 Å². The number of ether oxygens (including phenoxy) is 1. The number of carboxylic acid groups (broad SMARTS) is 1. The lowest BCUT2D eigenvalue weighted by Gasteiger charge is -2.00. The van der Waals surface area contributed by atoms with Gasteiger partial charge in [-0.1, -0.05) is 6.58 Å². The second-order valence-corrected chi connectivity index (χ2v) is 2.43. The molecule has 0 aliphatic carbocycles. The van der Waals surface area contributed by atoms with Crippen LogP contribution in [0.1, 0.15) is 13.3 Å². The van der Waals surface area contributed by atoms with Crippen LogP contribution < -0.4 is 0 Å². The summed E-state index contributed by atoms with van der Waals surface area (Å²) in [5.41, 5.74) is 0.243. The zero-order chi connectivity index (χ0) is 10.4. The molecule has 0 aliphatic rings. The van der Waals surface area contributed by atoms with Gasteiger partial charge in [0.1, 0.15) is 6.42 Å². The Labute approximate surface area is 75.0 Å². The number of Topliss-reactive ketones (excluding diaryl/α,β-unsaturated/α-hetero) is 1. The number of rotatable bonds is 5. The molecule has 0 amide bonds. The molecule has 0 rings (SSSR count). The van der Waals surface area contributed by atoms with Gasteiger partial charge >= 0.3 is 11.9 Å². The van der Waals surface area contributed by atoms with E-state index in [9.17, 15) is 14.4 Å². The molecule has 0 saturated carbocycles. The molecule has 0 aromatic rings. The van der Waals surface area contributed by atoms with Crippen molar-refractivity contribution in [2.75, 3.05) is 6.61 Å². The van der Waals surface area contributed by atoms with Crippen LogP contribution in [0.15, 0.2) is 12.2 Å². The molecule has 0 bridgehead atoms. The van der Waals surface area contributed by atoms with Gasteiger partial charge in [0.05, 0.1) is 0 Å². The predicted molar refractivity (Wildman–Crippen MR) is 43.0 cm³/mol. The minimum atomic E-state index is -1.25. The van der Waals surface area contributed by atoms with Crippen LogP contribution in [0.5, 0.6) is 0 Å². The standard InChI is InChI=1S/C8H10O5/c1-5(2)6(9)3-8(12)13-4-7(10)11/h1,3-4H2,2H3,(H,10,11). The van der Waals surface area contributed by atoms with Crippen molar-refractivity contribution < 1.29 is 24.2 Å². The van der Waals surface area contributed by atoms with Gasteiger partial charge in [0.15, 0.2) is 12.4 Å². The first-order chi connectivity index (χ1) is 5.93. The van der Waals surface area contributed by atoms with Crippen LogP contribution in [-0.4, -0.2) is 29.4 Å². The molecule has 5 nitrogen and oxygen atoms in total. The minimum Gasteiger partial charge on any atom is -0.479 e. The average Bonchev–Trinajstić information content (AvgIpc) is 2.00. The van der Waals surface area contributed by atoms with Crippen LogP contribution in [0.2, 0.25) is 0 Å². The van der Waals surface area contributed by atoms with Gasteiger partial charge in [0.25, 0.3) is 0 Å². The number of hydrogen-bond donors (Lipinski definition) is 1. The molecule has 0 spiro atoms. The van der Waals surface area contributed by atoms with Crippen LogP contribution in [0.25, 0.3) is 0 Å². The summed E-state index contributed by atoms with van der Waals surface area (Å²) < 4.78 is 4.22. The molecule has 0 aromatic heterocycles. The molecule has 13 heavy (non-hydrogen) atoms. The van der Waals surface area contributed by atoms with E-state index in [0.29, 0.717) is 0 Å². The highest BCUT2D eigenvalue weighted by molar-refractivity contribution is 6.04. The van der Waals surface area contributed by atoms with Gasteiger partial charge in [-0.05, 0) is 12.5 Å². The molecule has 0 atom stereocenters. The largest absolute Gasteiger partial charge is 0.479 e. The molecule has 0 saturated heterocycles. The van der Waals surface area contributed by atoms with Gasteiger partial charge in [0.2, 0.25) is 0 Å². The Bertz CT molecular complexity index is 253. The second kappa shape index (κ2) is 5.08. The molecule has 0 heterocycles. The summed E-state index contributed by atoms with van der Waals surface area (Å²) in [6.45, 7) is 4.07. The number of esters is 1. The smallest absolute Gasteiger partial charge is 0.341 e. The molecular weight excluding hydrogens is 176 g/mol. The van der Waals surface area contributed by atoms with Crippen LogP contribution in [0, 0.1) is 0 Å². The Kier molecular flexibility index (Phi) is 4.43. The fraction of sp³-hybridized carbons (Fsp3) is 0.375. The van der Waals surface area contributed by atoms with E-state index >= 15 is 0 Å². The predicted octanol–water partition coefficient (Wildman–Crippen LogP) is 0.149. The molecule has 0 unspecified atom stereocenters. The van der Waals surface area contributed by atoms with Crippen molar-refractivity contribution in [1.82, 2.24) is 0 Å². The molecule has 0 aliphatic heterocycles. The molecule has 0 aromatic carbocycles. The Hall–Kier alpha value is -1.65. The van der Waals surface area contributed by atoms with Crippen molar-refractivity contribution in [2.24, 2.45) is 0 Å². The average molecular weight is 186 g/mol. The van der Waals surface area contributed by atoms with E-state index in [2.05, 4.69) is 11.3 Å². The first-order valence-corrected chi connectivity index (χ1v) is 3.49. The molecule has 5 heteroatoms. The highest BCUT2D eigenvalue weighted by atomic mass is 16.5. The Balaban J connectivity index is 3.82. The van der Waals surface area contributed by atoms with Crippen molar-refractivity contribution in [3.05, 3.63) is 12.2 Å². The number of carbonyl (C=O) groups excluding carboxylic acids is 2. The summed E-state index contributed by atoms with van der Waals surface area (Å²) >= 11 is 0. The van der Waals surface area contributed by atoms with Gasteiger partial charge < -0.3 is 9.84 Å². The Morgan fingerprint density at radius 3 is 2.31 bits per heavy atom. The maximum atomic E-state index is 10.9. The van der Waals surface area contributed by atoms with Crippen LogP contribution in [0.4, 0.5) is 0 Å². The lowest BCUT2D eigenvalue weighted by atomic mass is 10.2. The maximum Gasteiger partial charge on any atom is 0.341 e. The van der Waals surface area contributed by atoms with Gasteiger partial charge in [-0.25, -0.2) is 4.79 Å². The highest BCUT2D eigenvalue weighted by Crippen LogP contribution is 1.96. The van der Waals surface area contributed by atoms with Gasteiger partial charge in [0, 0.05) is 0 Å². The van der Waals surface area contributed by atoms with E-state index in [-0.39, 0.29) is 5.57 Å². The third-order valence-corrected chi connectivity index (χ3v) is 1.14. The topological polar surface area (TPSA) is 80.7 Å². The van der Waals surface area contributed by atoms with Crippen molar-refractivity contribution in [3.63, 3.8) is 0 Å². The highest BCUT2D eigenvalue weighted by Gasteiger charge is 2.12. The quantitative estimate of drug-likeness (QED) is 0.375. The number of carbonyl (C=O) groups is 3. The van der Waals surface area contributed by atoms with Crippen molar-refractivity contribution >= 4 is 17.7 Å². The van der Waals surface area contributed by atoms with Gasteiger partial charge in [-0.2, -0.15) is 0 Å². The summed E-state index contributed by atoms with van der Waals surface area (Å²) in [4.78, 5) is 31.5. The molecule has 1 N–H and O–H groups in total. The maximum absolute atomic E-state index is 10.9. The molecule has 72 valence electrons. The summed E-state index contributed by atoms with van der Waals surface area (Å²) in [7, 11) is 0. The molecule has 0 radical (unpaired) electrons. The first-order valence-electron chi connectivity index (χ1n) is 3.49. The zero-order valence-corrected chi connectivity index (χ0v) is 7.20. The van der Waals surface area contributed by atoms with Gasteiger partial charge in [-0.3, -0.25) is 9.59 Å². The Morgan fingerprint density at radius 2 is 1.92 bits per heavy atom. The number of allylic oxidation sites excluding steroid dienone is 1. The minimum absolute atomic E-state index is 0.243. The zero-order valence-electron chi connectivity index (χ0n) is 7.20. The lowest BCUT2D eigenvalue weighted by molar-refractivity contribution is -0.155. The molecular formula is C8H10O5. The van der Waals surface area contributed by atoms with Crippen LogP contribution in [-0.2, 0) is 19.1 Å². The number of ketones is 1. The summed E-state index contributed by atoms with van der Waals surface area (Å²) in [6, 6.07) is 0. The van der Waals surface area contributed by atoms with Crippen molar-refractivity contribution in [1.29, 1.82) is 0 Å². The van der Waals surface area contributed by atoms with Crippen LogP contribution >= 0.6 is 0 Å². The van der Waals surface area contributed by atoms with Crippen molar-refractivity contribution in [3.8, 4) is 0 Å². The van der Waals surface area contributed by atoms with E-state index < -0.39 is 30.7 Å². The van der Waals surface area contributed by atoms with E-state index in [0.717, 1.165) is 0 Å². The van der Waals surface area contributed by atoms with Crippen molar-refractivity contribution in [2.45, 2.75) is 13.3 Å². The van der Waals surface area contributed by atoms with E-state index in [1.54, 1.807) is 0 Å². The normalized spacial score (nSPS) is 9.00. The number of carboxylic acids is 1. The fourth-order valence-corrected chi connectivity index (χ4v) is 0.475. The fourth-order valence-electron chi connectivity index (χ4n) is 0.475. The summed E-state index contributed by atoms with van der Waals surface area (Å²) in [5, 5.41) is 8.13. The SMILES string of the molecule is C=C(C)C(=O)CC(=O)OCC(=O)O. The molecule has 0 fully saturated rings. The summed E-state index contributed by atoms with van der Waals surface area (Å²) in [6.07, 6.45) is -0.456. The number of hydrogen-bond acceptors (Lipinski definition) is 4. The lowest BCUT2D eigenvalue weighted by Crippen LogP contribution is -2.16. The number of aliphatic carboxylic acids is 1.